The van der Waals surface area contributed by atoms with Crippen molar-refractivity contribution in [3.8, 4) is 17.0 Å². The van der Waals surface area contributed by atoms with Crippen LogP contribution in [0, 0.1) is 0 Å². The molecule has 2 aromatic heterocycles. The molecule has 0 radical (unpaired) electrons. The molecular weight excluding hydrogens is 366 g/mol. The molecule has 2 heterocycles. The number of halogens is 6. The Kier molecular flexibility index (Phi) is 4.46. The van der Waals surface area contributed by atoms with E-state index in [4.69, 9.17) is 0 Å². The van der Waals surface area contributed by atoms with Crippen molar-refractivity contribution >= 4 is 11.0 Å². The van der Waals surface area contributed by atoms with Crippen molar-refractivity contribution in [2.24, 2.45) is 0 Å². The molecule has 0 N–H and O–H groups in total. The summed E-state index contributed by atoms with van der Waals surface area (Å²) in [5.74, 6) is -0.212. The molecule has 0 aliphatic rings. The van der Waals surface area contributed by atoms with Crippen molar-refractivity contribution in [3.05, 3.63) is 36.5 Å². The summed E-state index contributed by atoms with van der Waals surface area (Å²) in [6.45, 7) is -2.75. The molecule has 1 aromatic carbocycles. The van der Waals surface area contributed by atoms with Crippen LogP contribution in [0.1, 0.15) is 0 Å². The number of nitrogens with zero attached hydrogens (tertiary/aromatic N) is 4. The topological polar surface area (TPSA) is 52.8 Å². The molecule has 5 nitrogen and oxygen atoms in total. The molecule has 0 saturated carbocycles. The van der Waals surface area contributed by atoms with E-state index in [0.717, 1.165) is 4.68 Å². The van der Waals surface area contributed by atoms with E-state index >= 15 is 0 Å². The summed E-state index contributed by atoms with van der Waals surface area (Å²) in [7, 11) is 0. The number of ether oxygens (including phenoxy) is 1. The van der Waals surface area contributed by atoms with Crippen molar-refractivity contribution in [1.82, 2.24) is 20.0 Å². The van der Waals surface area contributed by atoms with Gasteiger partial charge in [-0.25, -0.2) is 9.67 Å². The van der Waals surface area contributed by atoms with Crippen LogP contribution in [0.4, 0.5) is 26.3 Å². The number of pyridine rings is 1. The van der Waals surface area contributed by atoms with E-state index in [1.165, 1.54) is 30.5 Å². The smallest absolute Gasteiger partial charge is 0.422 e. The first-order valence-electron chi connectivity index (χ1n) is 7.17. The highest BCUT2D eigenvalue weighted by Crippen LogP contribution is 2.26. The van der Waals surface area contributed by atoms with Crippen LogP contribution < -0.4 is 4.74 Å². The third kappa shape index (κ3) is 4.41. The Morgan fingerprint density at radius 2 is 1.65 bits per heavy atom. The Bertz CT molecular complexity index is 901. The van der Waals surface area contributed by atoms with E-state index in [-0.39, 0.29) is 16.9 Å². The number of fused-ring (bicyclic) bond motifs is 1. The van der Waals surface area contributed by atoms with Crippen LogP contribution >= 0.6 is 0 Å². The third-order valence-corrected chi connectivity index (χ3v) is 3.30. The van der Waals surface area contributed by atoms with E-state index in [1.807, 2.05) is 0 Å². The molecule has 0 unspecified atom stereocenters. The van der Waals surface area contributed by atoms with Crippen LogP contribution in [-0.2, 0) is 6.54 Å². The van der Waals surface area contributed by atoms with E-state index in [9.17, 15) is 26.3 Å². The lowest BCUT2D eigenvalue weighted by atomic mass is 10.1. The quantitative estimate of drug-likeness (QED) is 0.646. The largest absolute Gasteiger partial charge is 0.468 e. The predicted molar refractivity (Wildman–Crippen MR) is 78.4 cm³/mol. The van der Waals surface area contributed by atoms with Crippen molar-refractivity contribution in [3.63, 3.8) is 0 Å². The molecule has 0 bridgehead atoms. The van der Waals surface area contributed by atoms with Gasteiger partial charge in [0, 0.05) is 17.8 Å². The summed E-state index contributed by atoms with van der Waals surface area (Å²) < 4.78 is 79.3. The molecule has 0 aliphatic heterocycles. The fraction of sp³-hybridized carbons (Fsp3) is 0.267. The normalized spacial score (nSPS) is 12.5. The van der Waals surface area contributed by atoms with Gasteiger partial charge < -0.3 is 4.74 Å². The van der Waals surface area contributed by atoms with E-state index < -0.39 is 25.5 Å². The lowest BCUT2D eigenvalue weighted by Crippen LogP contribution is -2.19. The van der Waals surface area contributed by atoms with Gasteiger partial charge in [0.25, 0.3) is 0 Å². The zero-order valence-corrected chi connectivity index (χ0v) is 12.8. The number of rotatable bonds is 4. The Hall–Kier alpha value is -2.85. The zero-order valence-electron chi connectivity index (χ0n) is 12.8. The molecule has 3 rings (SSSR count). The van der Waals surface area contributed by atoms with Crippen LogP contribution in [-0.4, -0.2) is 38.9 Å². The van der Waals surface area contributed by atoms with Crippen LogP contribution in [0.3, 0.4) is 0 Å². The first kappa shape index (κ1) is 18.0. The van der Waals surface area contributed by atoms with Crippen LogP contribution in [0.25, 0.3) is 22.2 Å². The summed E-state index contributed by atoms with van der Waals surface area (Å²) in [6.07, 6.45) is -7.66. The van der Waals surface area contributed by atoms with Gasteiger partial charge in [0.1, 0.15) is 12.1 Å². The molecule has 11 heteroatoms. The van der Waals surface area contributed by atoms with Gasteiger partial charge in [-0.3, -0.25) is 0 Å². The van der Waals surface area contributed by atoms with Gasteiger partial charge in [0.2, 0.25) is 5.88 Å². The fourth-order valence-corrected chi connectivity index (χ4v) is 2.22. The standard InChI is InChI=1S/C15H10F6N4O/c16-14(17,18)7-25-12-5-9(1-3-11(12)23-24-25)10-2-4-13(22-6-10)26-8-15(19,20)21/h1-6H,7-8H2. The van der Waals surface area contributed by atoms with E-state index in [1.54, 1.807) is 6.07 Å². The third-order valence-electron chi connectivity index (χ3n) is 3.30. The maximum absolute atomic E-state index is 12.6. The minimum atomic E-state index is -4.48. The van der Waals surface area contributed by atoms with E-state index in [0.29, 0.717) is 11.1 Å². The minimum Gasteiger partial charge on any atom is -0.468 e. The molecule has 138 valence electrons. The van der Waals surface area contributed by atoms with Gasteiger partial charge in [-0.1, -0.05) is 11.3 Å². The van der Waals surface area contributed by atoms with Crippen molar-refractivity contribution in [2.75, 3.05) is 6.61 Å². The maximum atomic E-state index is 12.6. The average Bonchev–Trinajstić information content (AvgIpc) is 2.93. The lowest BCUT2D eigenvalue weighted by molar-refractivity contribution is -0.154. The number of benzene rings is 1. The van der Waals surface area contributed by atoms with Gasteiger partial charge in [0.15, 0.2) is 6.61 Å². The number of hydrogen-bond donors (Lipinski definition) is 0. The van der Waals surface area contributed by atoms with Gasteiger partial charge in [-0.2, -0.15) is 26.3 Å². The van der Waals surface area contributed by atoms with Gasteiger partial charge in [0.05, 0.1) is 5.52 Å². The Morgan fingerprint density at radius 1 is 0.923 bits per heavy atom. The van der Waals surface area contributed by atoms with Gasteiger partial charge >= 0.3 is 12.4 Å². The molecule has 3 aromatic rings. The zero-order chi connectivity index (χ0) is 18.9. The van der Waals surface area contributed by atoms with E-state index in [2.05, 4.69) is 20.0 Å². The van der Waals surface area contributed by atoms with Crippen molar-refractivity contribution in [1.29, 1.82) is 0 Å². The number of alkyl halides is 6. The van der Waals surface area contributed by atoms with Crippen LogP contribution in [0.5, 0.6) is 5.88 Å². The minimum absolute atomic E-state index is 0.178. The highest BCUT2D eigenvalue weighted by Gasteiger charge is 2.30. The Balaban J connectivity index is 1.84. The molecule has 0 fully saturated rings. The average molecular weight is 376 g/mol. The maximum Gasteiger partial charge on any atom is 0.422 e. The molecule has 0 amide bonds. The second-order valence-electron chi connectivity index (χ2n) is 5.35. The highest BCUT2D eigenvalue weighted by molar-refractivity contribution is 5.81. The van der Waals surface area contributed by atoms with Crippen LogP contribution in [0.15, 0.2) is 36.5 Å². The highest BCUT2D eigenvalue weighted by atomic mass is 19.4. The molecule has 0 aliphatic carbocycles. The molecule has 0 atom stereocenters. The second-order valence-corrected chi connectivity index (χ2v) is 5.35. The number of aromatic nitrogens is 4. The summed E-state index contributed by atoms with van der Waals surface area (Å²) in [4.78, 5) is 3.77. The van der Waals surface area contributed by atoms with Crippen molar-refractivity contribution in [2.45, 2.75) is 18.9 Å². The first-order chi connectivity index (χ1) is 12.1. The molecule has 0 spiro atoms. The predicted octanol–water partition coefficient (Wildman–Crippen LogP) is 4.00. The fourth-order valence-electron chi connectivity index (χ4n) is 2.22. The second kappa shape index (κ2) is 6.46. The summed E-state index contributed by atoms with van der Waals surface area (Å²) >= 11 is 0. The van der Waals surface area contributed by atoms with Gasteiger partial charge in [-0.15, -0.1) is 5.10 Å². The van der Waals surface area contributed by atoms with Crippen LogP contribution in [0.2, 0.25) is 0 Å². The summed E-state index contributed by atoms with van der Waals surface area (Å²) in [6, 6.07) is 7.25. The molecule has 26 heavy (non-hydrogen) atoms. The summed E-state index contributed by atoms with van der Waals surface area (Å²) in [5.41, 5.74) is 1.47. The molecular formula is C15H10F6N4O. The van der Waals surface area contributed by atoms with Gasteiger partial charge in [-0.05, 0) is 23.8 Å². The Morgan fingerprint density at radius 3 is 2.27 bits per heavy atom. The SMILES string of the molecule is FC(F)(F)COc1ccc(-c2ccc3nnn(CC(F)(F)F)c3c2)cn1. The lowest BCUT2D eigenvalue weighted by Gasteiger charge is -2.09. The monoisotopic (exact) mass is 376 g/mol. The molecule has 0 saturated heterocycles. The summed E-state index contributed by atoms with van der Waals surface area (Å²) in [5, 5.41) is 7.15. The van der Waals surface area contributed by atoms with Crippen molar-refractivity contribution < 1.29 is 31.1 Å². The Labute approximate surface area is 142 Å². The number of hydrogen-bond acceptors (Lipinski definition) is 4. The first-order valence-corrected chi connectivity index (χ1v) is 7.17.